The number of alkyl halides is 1. The first-order valence-electron chi connectivity index (χ1n) is 10.0. The molecule has 0 aromatic rings. The lowest BCUT2D eigenvalue weighted by Crippen LogP contribution is -2.47. The Morgan fingerprint density at radius 2 is 2.00 bits per heavy atom. The molecule has 0 heterocycles. The van der Waals surface area contributed by atoms with Crippen molar-refractivity contribution in [1.29, 1.82) is 0 Å². The van der Waals surface area contributed by atoms with Gasteiger partial charge in [0.25, 0.3) is 0 Å². The molecular weight excluding hydrogens is 360 g/mol. The van der Waals surface area contributed by atoms with Crippen molar-refractivity contribution < 1.29 is 5.11 Å². The summed E-state index contributed by atoms with van der Waals surface area (Å²) in [5.41, 5.74) is 3.05. The maximum absolute atomic E-state index is 10.5. The summed E-state index contributed by atoms with van der Waals surface area (Å²) in [6.07, 6.45) is 12.5. The molecule has 0 radical (unpaired) electrons. The number of hydrogen-bond donors (Lipinski definition) is 1. The van der Waals surface area contributed by atoms with Gasteiger partial charge in [-0.25, -0.2) is 0 Å². The quantitative estimate of drug-likeness (QED) is 0.459. The fourth-order valence-electron chi connectivity index (χ4n) is 7.23. The number of halogens is 1. The Labute approximate surface area is 156 Å². The zero-order chi connectivity index (χ0) is 17.1. The van der Waals surface area contributed by atoms with E-state index in [9.17, 15) is 5.11 Å². The van der Waals surface area contributed by atoms with Gasteiger partial charge in [0.1, 0.15) is 0 Å². The van der Waals surface area contributed by atoms with Gasteiger partial charge in [0, 0.05) is 5.33 Å². The third-order valence-electron chi connectivity index (χ3n) is 8.38. The van der Waals surface area contributed by atoms with Crippen LogP contribution >= 0.6 is 15.9 Å². The van der Waals surface area contributed by atoms with Crippen LogP contribution in [0.1, 0.15) is 65.2 Å². The summed E-state index contributed by atoms with van der Waals surface area (Å²) in [7, 11) is 0. The van der Waals surface area contributed by atoms with Crippen LogP contribution in [0.3, 0.4) is 0 Å². The molecule has 0 aromatic carbocycles. The van der Waals surface area contributed by atoms with Gasteiger partial charge in [-0.1, -0.05) is 46.7 Å². The van der Waals surface area contributed by atoms with E-state index in [-0.39, 0.29) is 0 Å². The molecule has 2 heteroatoms. The molecule has 7 atom stereocenters. The maximum Gasteiger partial charge on any atom is 0.0657 e. The van der Waals surface area contributed by atoms with Crippen molar-refractivity contribution in [3.63, 3.8) is 0 Å². The topological polar surface area (TPSA) is 20.2 Å². The molecule has 0 spiro atoms. The Kier molecular flexibility index (Phi) is 4.32. The minimum Gasteiger partial charge on any atom is -0.390 e. The predicted octanol–water partition coefficient (Wildman–Crippen LogP) is 5.88. The molecule has 0 aromatic heterocycles. The molecule has 4 aliphatic carbocycles. The first-order valence-corrected chi connectivity index (χ1v) is 11.1. The molecule has 0 amide bonds. The standard InChI is InChI=1S/C22H33BrO/c1-14(13-23)19-6-7-20-18-5-4-15-12-21(2,24)10-8-16(15)17(18)9-11-22(19,20)3/h4,16-20,24H,1,5-13H2,2-3H3/t16-,17+,18+,19+,20-,21-,22+/m0/s1. The first-order chi connectivity index (χ1) is 11.4. The summed E-state index contributed by atoms with van der Waals surface area (Å²) >= 11 is 3.66. The molecule has 1 nitrogen and oxygen atoms in total. The highest BCUT2D eigenvalue weighted by Crippen LogP contribution is 2.64. The lowest BCUT2D eigenvalue weighted by atomic mass is 9.51. The van der Waals surface area contributed by atoms with Crippen LogP contribution in [-0.4, -0.2) is 16.0 Å². The summed E-state index contributed by atoms with van der Waals surface area (Å²) in [4.78, 5) is 0. The van der Waals surface area contributed by atoms with E-state index in [1.165, 1.54) is 44.1 Å². The molecule has 0 aliphatic heterocycles. The Morgan fingerprint density at radius 1 is 1.21 bits per heavy atom. The Bertz CT molecular complexity index is 562. The van der Waals surface area contributed by atoms with Crippen molar-refractivity contribution in [3.05, 3.63) is 23.8 Å². The SMILES string of the molecule is C=C(CBr)[C@H]1CC[C@H]2[C@@H]3CC=C4C[C@@](C)(O)CC[C@@H]4[C@H]3CC[C@]12C. The van der Waals surface area contributed by atoms with E-state index < -0.39 is 5.60 Å². The Hall–Kier alpha value is -0.0800. The third kappa shape index (κ3) is 2.58. The van der Waals surface area contributed by atoms with E-state index in [1.54, 1.807) is 5.57 Å². The number of hydrogen-bond acceptors (Lipinski definition) is 1. The van der Waals surface area contributed by atoms with Gasteiger partial charge in [-0.2, -0.15) is 0 Å². The van der Waals surface area contributed by atoms with Crippen molar-refractivity contribution in [2.24, 2.45) is 35.0 Å². The van der Waals surface area contributed by atoms with E-state index in [0.29, 0.717) is 5.41 Å². The van der Waals surface area contributed by atoms with Crippen LogP contribution in [-0.2, 0) is 0 Å². The molecule has 0 saturated heterocycles. The molecular formula is C22H33BrO. The second-order valence-corrected chi connectivity index (χ2v) is 10.3. The molecule has 0 unspecified atom stereocenters. The van der Waals surface area contributed by atoms with Crippen LogP contribution in [0.4, 0.5) is 0 Å². The van der Waals surface area contributed by atoms with Gasteiger partial charge in [0.15, 0.2) is 0 Å². The zero-order valence-corrected chi connectivity index (χ0v) is 16.9. The number of rotatable bonds is 2. The summed E-state index contributed by atoms with van der Waals surface area (Å²) in [6.45, 7) is 8.99. The number of aliphatic hydroxyl groups is 1. The van der Waals surface area contributed by atoms with Gasteiger partial charge in [0.2, 0.25) is 0 Å². The maximum atomic E-state index is 10.5. The molecule has 24 heavy (non-hydrogen) atoms. The minimum absolute atomic E-state index is 0.454. The van der Waals surface area contributed by atoms with Crippen molar-refractivity contribution in [1.82, 2.24) is 0 Å². The van der Waals surface area contributed by atoms with Crippen LogP contribution < -0.4 is 0 Å². The minimum atomic E-state index is -0.454. The molecule has 134 valence electrons. The first kappa shape index (κ1) is 17.3. The van der Waals surface area contributed by atoms with Gasteiger partial charge in [0.05, 0.1) is 5.60 Å². The molecule has 3 saturated carbocycles. The largest absolute Gasteiger partial charge is 0.390 e. The molecule has 4 aliphatic rings. The lowest BCUT2D eigenvalue weighted by Gasteiger charge is -2.54. The van der Waals surface area contributed by atoms with Crippen molar-refractivity contribution in [2.45, 2.75) is 70.8 Å². The van der Waals surface area contributed by atoms with E-state index in [0.717, 1.165) is 47.8 Å². The van der Waals surface area contributed by atoms with E-state index >= 15 is 0 Å². The van der Waals surface area contributed by atoms with Gasteiger partial charge in [-0.3, -0.25) is 0 Å². The average molecular weight is 393 g/mol. The van der Waals surface area contributed by atoms with Gasteiger partial charge < -0.3 is 5.11 Å². The van der Waals surface area contributed by atoms with Crippen LogP contribution in [0.15, 0.2) is 23.8 Å². The lowest BCUT2D eigenvalue weighted by molar-refractivity contribution is -0.0288. The highest BCUT2D eigenvalue weighted by Gasteiger charge is 2.56. The van der Waals surface area contributed by atoms with Crippen molar-refractivity contribution >= 4 is 15.9 Å². The molecule has 0 bridgehead atoms. The molecule has 4 rings (SSSR count). The van der Waals surface area contributed by atoms with Crippen LogP contribution in [0.5, 0.6) is 0 Å². The smallest absolute Gasteiger partial charge is 0.0657 e. The van der Waals surface area contributed by atoms with Gasteiger partial charge >= 0.3 is 0 Å². The van der Waals surface area contributed by atoms with E-state index in [2.05, 4.69) is 35.5 Å². The molecule has 3 fully saturated rings. The predicted molar refractivity (Wildman–Crippen MR) is 104 cm³/mol. The van der Waals surface area contributed by atoms with Gasteiger partial charge in [-0.05, 0) is 93.3 Å². The van der Waals surface area contributed by atoms with Crippen molar-refractivity contribution in [2.75, 3.05) is 5.33 Å². The number of allylic oxidation sites excluding steroid dienone is 2. The highest BCUT2D eigenvalue weighted by atomic mass is 79.9. The normalized spacial score (nSPS) is 50.5. The van der Waals surface area contributed by atoms with Crippen LogP contribution in [0.25, 0.3) is 0 Å². The second-order valence-electron chi connectivity index (χ2n) is 9.73. The average Bonchev–Trinajstić information content (AvgIpc) is 2.90. The Morgan fingerprint density at radius 3 is 2.75 bits per heavy atom. The van der Waals surface area contributed by atoms with Crippen LogP contribution in [0, 0.1) is 35.0 Å². The summed E-state index contributed by atoms with van der Waals surface area (Å²) in [5, 5.41) is 11.4. The fourth-order valence-corrected chi connectivity index (χ4v) is 7.62. The third-order valence-corrected chi connectivity index (χ3v) is 9.10. The second kappa shape index (κ2) is 5.98. The Balaban J connectivity index is 1.59. The summed E-state index contributed by atoms with van der Waals surface area (Å²) in [5.74, 6) is 4.15. The van der Waals surface area contributed by atoms with Gasteiger partial charge in [-0.15, -0.1) is 0 Å². The zero-order valence-electron chi connectivity index (χ0n) is 15.4. The number of fused-ring (bicyclic) bond motifs is 5. The summed E-state index contributed by atoms with van der Waals surface area (Å²) in [6, 6.07) is 0. The van der Waals surface area contributed by atoms with E-state index in [1.807, 2.05) is 6.92 Å². The van der Waals surface area contributed by atoms with E-state index in [4.69, 9.17) is 0 Å². The highest BCUT2D eigenvalue weighted by molar-refractivity contribution is 9.09. The monoisotopic (exact) mass is 392 g/mol. The van der Waals surface area contributed by atoms with Crippen LogP contribution in [0.2, 0.25) is 0 Å². The fraction of sp³-hybridized carbons (Fsp3) is 0.818. The molecule has 1 N–H and O–H groups in total. The van der Waals surface area contributed by atoms with Crippen molar-refractivity contribution in [3.8, 4) is 0 Å². The summed E-state index contributed by atoms with van der Waals surface area (Å²) < 4.78 is 0.